The van der Waals surface area contributed by atoms with Crippen molar-refractivity contribution in [2.24, 2.45) is 5.73 Å². The van der Waals surface area contributed by atoms with Crippen molar-refractivity contribution in [1.29, 1.82) is 0 Å². The van der Waals surface area contributed by atoms with Gasteiger partial charge in [0.2, 0.25) is 5.91 Å². The molecule has 0 radical (unpaired) electrons. The number of methoxy groups -OCH3 is 2. The molecule has 0 unspecified atom stereocenters. The molecule has 8 nitrogen and oxygen atoms in total. The minimum absolute atomic E-state index is 0.00913. The number of carbonyl (C=O) groups excluding carboxylic acids is 2. The fraction of sp³-hybridized carbons (Fsp3) is 0.579. The van der Waals surface area contributed by atoms with Crippen LogP contribution in [-0.4, -0.2) is 69.2 Å². The van der Waals surface area contributed by atoms with Crippen molar-refractivity contribution in [3.05, 3.63) is 23.3 Å². The Morgan fingerprint density at radius 1 is 1.22 bits per heavy atom. The predicted molar refractivity (Wildman–Crippen MR) is 98.9 cm³/mol. The van der Waals surface area contributed by atoms with Crippen LogP contribution in [0.2, 0.25) is 0 Å². The molecule has 0 aliphatic carbocycles. The smallest absolute Gasteiger partial charge is 0.314 e. The van der Waals surface area contributed by atoms with Gasteiger partial charge in [-0.2, -0.15) is 0 Å². The van der Waals surface area contributed by atoms with Gasteiger partial charge < -0.3 is 29.7 Å². The third-order valence-electron chi connectivity index (χ3n) is 5.52. The standard InChI is InChI=1S/C19H27N3O5/c1-21(18(20)24)12-17(23)22-7-5-19(6-8-22)14-11-16(26-3)15(25-2)10-13(14)4-9-27-19/h10-11H,4-9,12H2,1-3H3,(H2,20,24). The number of fused-ring (bicyclic) bond motifs is 2. The van der Waals surface area contributed by atoms with Crippen molar-refractivity contribution in [2.75, 3.05) is 47.5 Å². The Kier molecular flexibility index (Phi) is 5.46. The highest BCUT2D eigenvalue weighted by Crippen LogP contribution is 2.45. The number of likely N-dealkylation sites (tertiary alicyclic amines) is 1. The molecule has 0 atom stereocenters. The molecule has 148 valence electrons. The van der Waals surface area contributed by atoms with Crippen molar-refractivity contribution >= 4 is 11.9 Å². The second-order valence-electron chi connectivity index (χ2n) is 7.03. The lowest BCUT2D eigenvalue weighted by Crippen LogP contribution is -2.51. The number of primary amides is 1. The van der Waals surface area contributed by atoms with Gasteiger partial charge in [-0.05, 0) is 42.5 Å². The van der Waals surface area contributed by atoms with Crippen molar-refractivity contribution in [2.45, 2.75) is 24.9 Å². The molecule has 1 saturated heterocycles. The number of carbonyl (C=O) groups is 2. The number of hydrogen-bond acceptors (Lipinski definition) is 5. The van der Waals surface area contributed by atoms with Crippen molar-refractivity contribution < 1.29 is 23.8 Å². The van der Waals surface area contributed by atoms with Crippen LogP contribution < -0.4 is 15.2 Å². The van der Waals surface area contributed by atoms with Gasteiger partial charge in [-0.15, -0.1) is 0 Å². The normalized spacial score (nSPS) is 18.0. The molecule has 8 heteroatoms. The minimum atomic E-state index is -0.609. The molecule has 2 aliphatic rings. The number of rotatable bonds is 4. The summed E-state index contributed by atoms with van der Waals surface area (Å²) in [4.78, 5) is 26.5. The maximum atomic E-state index is 12.4. The maximum absolute atomic E-state index is 12.4. The summed E-state index contributed by atoms with van der Waals surface area (Å²) in [6.45, 7) is 1.77. The average molecular weight is 377 g/mol. The highest BCUT2D eigenvalue weighted by atomic mass is 16.5. The summed E-state index contributed by atoms with van der Waals surface area (Å²) in [7, 11) is 4.77. The zero-order valence-corrected chi connectivity index (χ0v) is 16.1. The summed E-state index contributed by atoms with van der Waals surface area (Å²) >= 11 is 0. The molecular formula is C19H27N3O5. The summed E-state index contributed by atoms with van der Waals surface area (Å²) in [5.74, 6) is 1.30. The SMILES string of the molecule is COc1cc2c(cc1OC)C1(CCN(C(=O)CN(C)C(N)=O)CC1)OCC2. The molecule has 2 aliphatic heterocycles. The molecule has 0 saturated carbocycles. The average Bonchev–Trinajstić information content (AvgIpc) is 2.67. The van der Waals surface area contributed by atoms with E-state index in [1.807, 2.05) is 12.1 Å². The molecule has 0 bridgehead atoms. The number of hydrogen-bond donors (Lipinski definition) is 1. The lowest BCUT2D eigenvalue weighted by Gasteiger charge is -2.45. The molecular weight excluding hydrogens is 350 g/mol. The van der Waals surface area contributed by atoms with Crippen molar-refractivity contribution in [1.82, 2.24) is 9.80 Å². The van der Waals surface area contributed by atoms with Gasteiger partial charge in [0.1, 0.15) is 6.54 Å². The van der Waals surface area contributed by atoms with Gasteiger partial charge in [0, 0.05) is 20.1 Å². The van der Waals surface area contributed by atoms with Gasteiger partial charge >= 0.3 is 6.03 Å². The second-order valence-corrected chi connectivity index (χ2v) is 7.03. The van der Waals surface area contributed by atoms with Crippen LogP contribution in [0.5, 0.6) is 11.5 Å². The Balaban J connectivity index is 1.77. The summed E-state index contributed by atoms with van der Waals surface area (Å²) in [5, 5.41) is 0. The zero-order valence-electron chi connectivity index (χ0n) is 16.1. The van der Waals surface area contributed by atoms with E-state index >= 15 is 0 Å². The molecule has 2 heterocycles. The van der Waals surface area contributed by atoms with E-state index in [1.54, 1.807) is 19.1 Å². The molecule has 1 spiro atoms. The molecule has 3 rings (SSSR count). The zero-order chi connectivity index (χ0) is 19.6. The lowest BCUT2D eigenvalue weighted by atomic mass is 9.79. The van der Waals surface area contributed by atoms with Crippen LogP contribution >= 0.6 is 0 Å². The minimum Gasteiger partial charge on any atom is -0.493 e. The topological polar surface area (TPSA) is 94.3 Å². The van der Waals surface area contributed by atoms with Crippen LogP contribution in [0.3, 0.4) is 0 Å². The van der Waals surface area contributed by atoms with E-state index in [0.29, 0.717) is 38.3 Å². The van der Waals surface area contributed by atoms with Gasteiger partial charge in [0.25, 0.3) is 0 Å². The number of ether oxygens (including phenoxy) is 3. The van der Waals surface area contributed by atoms with Crippen LogP contribution in [-0.2, 0) is 21.6 Å². The number of piperidine rings is 1. The van der Waals surface area contributed by atoms with E-state index in [-0.39, 0.29) is 12.5 Å². The van der Waals surface area contributed by atoms with Crippen LogP contribution in [0.1, 0.15) is 24.0 Å². The number of benzene rings is 1. The molecule has 1 fully saturated rings. The quantitative estimate of drug-likeness (QED) is 0.848. The molecule has 27 heavy (non-hydrogen) atoms. The Bertz CT molecular complexity index is 728. The number of amides is 3. The Morgan fingerprint density at radius 2 is 1.85 bits per heavy atom. The fourth-order valence-electron chi connectivity index (χ4n) is 3.90. The molecule has 1 aromatic rings. The monoisotopic (exact) mass is 377 g/mol. The van der Waals surface area contributed by atoms with Gasteiger partial charge in [-0.3, -0.25) is 4.79 Å². The predicted octanol–water partition coefficient (Wildman–Crippen LogP) is 1.10. The first-order valence-electron chi connectivity index (χ1n) is 9.08. The highest BCUT2D eigenvalue weighted by Gasteiger charge is 2.42. The Labute approximate surface area is 159 Å². The second kappa shape index (κ2) is 7.64. The summed E-state index contributed by atoms with van der Waals surface area (Å²) in [6.07, 6.45) is 2.21. The van der Waals surface area contributed by atoms with E-state index in [4.69, 9.17) is 19.9 Å². The Morgan fingerprint density at radius 3 is 2.44 bits per heavy atom. The highest BCUT2D eigenvalue weighted by molar-refractivity contribution is 5.83. The third kappa shape index (κ3) is 3.66. The number of nitrogens with two attached hydrogens (primary N) is 1. The van der Waals surface area contributed by atoms with E-state index < -0.39 is 11.6 Å². The van der Waals surface area contributed by atoms with Crippen LogP contribution in [0.4, 0.5) is 4.79 Å². The van der Waals surface area contributed by atoms with Crippen LogP contribution in [0.15, 0.2) is 12.1 Å². The first-order valence-corrected chi connectivity index (χ1v) is 9.08. The van der Waals surface area contributed by atoms with Crippen molar-refractivity contribution in [3.8, 4) is 11.5 Å². The van der Waals surface area contributed by atoms with Gasteiger partial charge in [0.15, 0.2) is 11.5 Å². The Hall–Kier alpha value is -2.48. The largest absolute Gasteiger partial charge is 0.493 e. The van der Waals surface area contributed by atoms with Crippen LogP contribution in [0, 0.1) is 0 Å². The van der Waals surface area contributed by atoms with Gasteiger partial charge in [-0.25, -0.2) is 4.79 Å². The molecule has 2 N–H and O–H groups in total. The van der Waals surface area contributed by atoms with Crippen molar-refractivity contribution in [3.63, 3.8) is 0 Å². The number of urea groups is 1. The van der Waals surface area contributed by atoms with Gasteiger partial charge in [-0.1, -0.05) is 0 Å². The molecule has 3 amide bonds. The summed E-state index contributed by atoms with van der Waals surface area (Å²) < 4.78 is 17.1. The number of nitrogens with zero attached hydrogens (tertiary/aromatic N) is 2. The third-order valence-corrected chi connectivity index (χ3v) is 5.52. The maximum Gasteiger partial charge on any atom is 0.314 e. The first-order chi connectivity index (χ1) is 12.9. The first kappa shape index (κ1) is 19.3. The number of likely N-dealkylation sites (N-methyl/N-ethyl adjacent to an activating group) is 1. The van der Waals surface area contributed by atoms with E-state index in [2.05, 4.69) is 0 Å². The van der Waals surface area contributed by atoms with Crippen LogP contribution in [0.25, 0.3) is 0 Å². The summed E-state index contributed by atoms with van der Waals surface area (Å²) in [6, 6.07) is 3.42. The molecule has 0 aromatic heterocycles. The lowest BCUT2D eigenvalue weighted by molar-refractivity contribution is -0.141. The van der Waals surface area contributed by atoms with E-state index in [1.165, 1.54) is 17.5 Å². The van der Waals surface area contributed by atoms with E-state index in [0.717, 1.165) is 17.7 Å². The van der Waals surface area contributed by atoms with Gasteiger partial charge in [0.05, 0.1) is 26.4 Å². The fourth-order valence-corrected chi connectivity index (χ4v) is 3.90. The molecule has 1 aromatic carbocycles. The summed E-state index contributed by atoms with van der Waals surface area (Å²) in [5.41, 5.74) is 7.11. The van der Waals surface area contributed by atoms with E-state index in [9.17, 15) is 9.59 Å².